The molecule has 1 unspecified atom stereocenters. The van der Waals surface area contributed by atoms with Crippen molar-refractivity contribution in [2.75, 3.05) is 0 Å². The van der Waals surface area contributed by atoms with Gasteiger partial charge in [0, 0.05) is 11.5 Å². The van der Waals surface area contributed by atoms with Gasteiger partial charge in [-0.2, -0.15) is 0 Å². The van der Waals surface area contributed by atoms with Crippen molar-refractivity contribution in [2.45, 2.75) is 64.7 Å². The van der Waals surface area contributed by atoms with Crippen molar-refractivity contribution in [1.29, 1.82) is 0 Å². The number of H-pyrrole nitrogens is 1. The quantitative estimate of drug-likeness (QED) is 0.539. The molecule has 1 aliphatic rings. The number of aromatic hydroxyl groups is 2. The topological polar surface area (TPSA) is 94.9 Å². The Morgan fingerprint density at radius 1 is 1.28 bits per heavy atom. The molecule has 0 aliphatic heterocycles. The predicted molar refractivity (Wildman–Crippen MR) is 96.5 cm³/mol. The van der Waals surface area contributed by atoms with E-state index in [0.29, 0.717) is 17.0 Å². The van der Waals surface area contributed by atoms with Crippen LogP contribution in [0.15, 0.2) is 17.7 Å². The third kappa shape index (κ3) is 3.67. The molecule has 0 fully saturated rings. The van der Waals surface area contributed by atoms with E-state index in [1.165, 1.54) is 5.57 Å². The second-order valence-electron chi connectivity index (χ2n) is 6.91. The van der Waals surface area contributed by atoms with Crippen LogP contribution in [0.2, 0.25) is 0 Å². The van der Waals surface area contributed by atoms with E-state index < -0.39 is 0 Å². The van der Waals surface area contributed by atoms with Crippen LogP contribution in [0.25, 0.3) is 11.4 Å². The number of aromatic amines is 1. The lowest BCUT2D eigenvalue weighted by Crippen LogP contribution is -2.05. The molecule has 6 heteroatoms. The molecule has 1 aromatic carbocycles. The fourth-order valence-corrected chi connectivity index (χ4v) is 3.72. The van der Waals surface area contributed by atoms with Crippen molar-refractivity contribution in [3.63, 3.8) is 0 Å². The number of phenols is 2. The molecule has 0 spiro atoms. The number of hydrogen-bond donors (Lipinski definition) is 3. The van der Waals surface area contributed by atoms with Gasteiger partial charge in [-0.1, -0.05) is 31.4 Å². The molecule has 0 amide bonds. The lowest BCUT2D eigenvalue weighted by Gasteiger charge is -2.23. The number of allylic oxidation sites excluding steroid dienone is 2. The Morgan fingerprint density at radius 3 is 2.80 bits per heavy atom. The van der Waals surface area contributed by atoms with Gasteiger partial charge in [0.05, 0.1) is 5.56 Å². The summed E-state index contributed by atoms with van der Waals surface area (Å²) in [4.78, 5) is 0. The minimum Gasteiger partial charge on any atom is -0.507 e. The van der Waals surface area contributed by atoms with Crippen molar-refractivity contribution in [1.82, 2.24) is 20.6 Å². The zero-order valence-electron chi connectivity index (χ0n) is 14.9. The Bertz CT molecular complexity index is 753. The monoisotopic (exact) mass is 342 g/mol. The van der Waals surface area contributed by atoms with Gasteiger partial charge in [0.1, 0.15) is 11.5 Å². The SMILES string of the molecule is CCCCCc1cc(O)c(C2C=C(C)CCC2)c(O)c1-c1nnn[nH]1. The number of hydrogen-bond acceptors (Lipinski definition) is 5. The molecule has 1 aromatic heterocycles. The first-order valence-electron chi connectivity index (χ1n) is 9.10. The molecule has 2 aromatic rings. The average Bonchev–Trinajstić information content (AvgIpc) is 3.09. The standard InChI is InChI=1S/C19H26N4O2/c1-3-4-5-8-14-11-15(24)16(13-9-6-7-12(2)10-13)18(25)17(14)19-20-22-23-21-19/h10-11,13,24-25H,3-9H2,1-2H3,(H,20,21,22,23). The van der Waals surface area contributed by atoms with Gasteiger partial charge in [0.25, 0.3) is 0 Å². The summed E-state index contributed by atoms with van der Waals surface area (Å²) >= 11 is 0. The number of rotatable bonds is 6. The number of phenolic OH excluding ortho intramolecular Hbond substituents is 2. The summed E-state index contributed by atoms with van der Waals surface area (Å²) in [5.41, 5.74) is 3.38. The normalized spacial score (nSPS) is 17.5. The highest BCUT2D eigenvalue weighted by Gasteiger charge is 2.26. The molecule has 6 nitrogen and oxygen atoms in total. The summed E-state index contributed by atoms with van der Waals surface area (Å²) < 4.78 is 0. The van der Waals surface area contributed by atoms with Gasteiger partial charge in [-0.3, -0.25) is 0 Å². The molecule has 0 saturated heterocycles. The fourth-order valence-electron chi connectivity index (χ4n) is 3.72. The van der Waals surface area contributed by atoms with Crippen molar-refractivity contribution < 1.29 is 10.2 Å². The Kier molecular flexibility index (Phi) is 5.36. The van der Waals surface area contributed by atoms with Crippen LogP contribution in [-0.4, -0.2) is 30.8 Å². The second-order valence-corrected chi connectivity index (χ2v) is 6.91. The van der Waals surface area contributed by atoms with Crippen LogP contribution in [0.1, 0.15) is 69.4 Å². The first-order valence-corrected chi connectivity index (χ1v) is 9.10. The lowest BCUT2D eigenvalue weighted by molar-refractivity contribution is 0.428. The summed E-state index contributed by atoms with van der Waals surface area (Å²) in [6, 6.07) is 1.78. The van der Waals surface area contributed by atoms with Gasteiger partial charge in [0.15, 0.2) is 5.82 Å². The zero-order valence-corrected chi connectivity index (χ0v) is 14.9. The predicted octanol–water partition coefficient (Wildman–Crippen LogP) is 4.22. The summed E-state index contributed by atoms with van der Waals surface area (Å²) in [6.45, 7) is 4.25. The van der Waals surface area contributed by atoms with E-state index in [1.54, 1.807) is 6.07 Å². The summed E-state index contributed by atoms with van der Waals surface area (Å²) in [5.74, 6) is 0.729. The zero-order chi connectivity index (χ0) is 17.8. The Hall–Kier alpha value is -2.37. The van der Waals surface area contributed by atoms with Gasteiger partial charge in [-0.05, 0) is 61.1 Å². The van der Waals surface area contributed by atoms with Gasteiger partial charge in [-0.15, -0.1) is 5.10 Å². The average molecular weight is 342 g/mol. The molecule has 3 N–H and O–H groups in total. The number of nitrogens with one attached hydrogen (secondary N) is 1. The van der Waals surface area contributed by atoms with Crippen LogP contribution >= 0.6 is 0 Å². The molecule has 1 atom stereocenters. The largest absolute Gasteiger partial charge is 0.507 e. The molecule has 0 bridgehead atoms. The van der Waals surface area contributed by atoms with Gasteiger partial charge < -0.3 is 10.2 Å². The first kappa shape index (κ1) is 17.5. The highest BCUT2D eigenvalue weighted by atomic mass is 16.3. The highest BCUT2D eigenvalue weighted by molar-refractivity contribution is 5.73. The van der Waals surface area contributed by atoms with Crippen LogP contribution < -0.4 is 0 Å². The summed E-state index contributed by atoms with van der Waals surface area (Å²) in [7, 11) is 0. The molecule has 0 radical (unpaired) electrons. The minimum absolute atomic E-state index is 0.0214. The van der Waals surface area contributed by atoms with Crippen LogP contribution in [-0.2, 0) is 6.42 Å². The number of aromatic nitrogens is 4. The summed E-state index contributed by atoms with van der Waals surface area (Å²) in [5, 5.41) is 35.7. The van der Waals surface area contributed by atoms with E-state index in [1.807, 2.05) is 0 Å². The maximum absolute atomic E-state index is 11.0. The van der Waals surface area contributed by atoms with Crippen molar-refractivity contribution in [3.8, 4) is 22.9 Å². The van der Waals surface area contributed by atoms with Gasteiger partial charge >= 0.3 is 0 Å². The van der Waals surface area contributed by atoms with Crippen LogP contribution in [0.4, 0.5) is 0 Å². The van der Waals surface area contributed by atoms with Crippen molar-refractivity contribution in [2.24, 2.45) is 0 Å². The Balaban J connectivity index is 2.08. The molecule has 1 heterocycles. The molecule has 3 rings (SSSR count). The Labute approximate surface area is 148 Å². The number of benzene rings is 1. The number of tetrazole rings is 1. The molecule has 0 saturated carbocycles. The van der Waals surface area contributed by atoms with E-state index in [4.69, 9.17) is 0 Å². The van der Waals surface area contributed by atoms with Crippen molar-refractivity contribution >= 4 is 0 Å². The maximum Gasteiger partial charge on any atom is 0.183 e. The first-order chi connectivity index (χ1) is 12.1. The molecular weight excluding hydrogens is 316 g/mol. The van der Waals surface area contributed by atoms with Crippen molar-refractivity contribution in [3.05, 3.63) is 28.8 Å². The molecule has 25 heavy (non-hydrogen) atoms. The summed E-state index contributed by atoms with van der Waals surface area (Å²) in [6.07, 6.45) is 9.17. The second kappa shape index (κ2) is 7.68. The van der Waals surface area contributed by atoms with Crippen LogP contribution in [0.3, 0.4) is 0 Å². The van der Waals surface area contributed by atoms with E-state index >= 15 is 0 Å². The molecule has 1 aliphatic carbocycles. The van der Waals surface area contributed by atoms with Crippen LogP contribution in [0.5, 0.6) is 11.5 Å². The third-order valence-corrected chi connectivity index (χ3v) is 4.97. The Morgan fingerprint density at radius 2 is 2.12 bits per heavy atom. The van der Waals surface area contributed by atoms with Gasteiger partial charge in [-0.25, -0.2) is 5.10 Å². The number of aryl methyl sites for hydroxylation is 1. The van der Waals surface area contributed by atoms with Gasteiger partial charge in [0.2, 0.25) is 0 Å². The molecule has 134 valence electrons. The lowest BCUT2D eigenvalue weighted by atomic mass is 9.83. The minimum atomic E-state index is 0.0214. The third-order valence-electron chi connectivity index (χ3n) is 4.97. The maximum atomic E-state index is 11.0. The molecular formula is C19H26N4O2. The van der Waals surface area contributed by atoms with E-state index in [0.717, 1.165) is 50.5 Å². The van der Waals surface area contributed by atoms with E-state index in [2.05, 4.69) is 40.5 Å². The number of nitrogens with zero attached hydrogens (tertiary/aromatic N) is 3. The van der Waals surface area contributed by atoms with E-state index in [-0.39, 0.29) is 17.4 Å². The highest BCUT2D eigenvalue weighted by Crippen LogP contribution is 2.46. The smallest absolute Gasteiger partial charge is 0.183 e. The fraction of sp³-hybridized carbons (Fsp3) is 0.526. The van der Waals surface area contributed by atoms with E-state index in [9.17, 15) is 10.2 Å². The number of unbranched alkanes of at least 4 members (excludes halogenated alkanes) is 2. The van der Waals surface area contributed by atoms with Crippen LogP contribution in [0, 0.1) is 0 Å².